The third kappa shape index (κ3) is 4.58. The standard InChI is InChI=1S/C32H29ClF3N5O2/c1-3-26(42)40-11-10-24-25(40)15-41(24)31-21-13-23(35)28(20-8-4-6-17-7-5-9-22(33)27(17)20)29(36)30(21)37-32(38-31)43-16-19-12-18(34)14-39(19)2/h3-9,13,18-19,24-25H,1,10-12,14-16H2,2H3/t18-,19+,24?,25-/m1/s1. The van der Waals surface area contributed by atoms with Gasteiger partial charge in [-0.3, -0.25) is 9.69 Å². The maximum absolute atomic E-state index is 16.6. The fraction of sp³-hybridized carbons (Fsp3) is 0.344. The second kappa shape index (κ2) is 10.7. The molecule has 0 saturated carbocycles. The van der Waals surface area contributed by atoms with Crippen LogP contribution in [0.15, 0.2) is 55.1 Å². The van der Waals surface area contributed by atoms with Gasteiger partial charge in [0.1, 0.15) is 29.9 Å². The lowest BCUT2D eigenvalue weighted by Gasteiger charge is -2.47. The van der Waals surface area contributed by atoms with Crippen LogP contribution in [0, 0.1) is 11.6 Å². The fourth-order valence-corrected chi connectivity index (χ4v) is 7.11. The number of nitrogens with zero attached hydrogens (tertiary/aromatic N) is 5. The van der Waals surface area contributed by atoms with E-state index in [0.717, 1.165) is 5.39 Å². The zero-order chi connectivity index (χ0) is 30.0. The molecule has 3 aliphatic heterocycles. The summed E-state index contributed by atoms with van der Waals surface area (Å²) >= 11 is 6.51. The molecule has 222 valence electrons. The maximum Gasteiger partial charge on any atom is 0.319 e. The Morgan fingerprint density at radius 1 is 1.16 bits per heavy atom. The molecule has 3 aliphatic rings. The number of halogens is 4. The minimum atomic E-state index is -0.955. The third-order valence-corrected chi connectivity index (χ3v) is 9.35. The van der Waals surface area contributed by atoms with E-state index in [-0.39, 0.29) is 53.1 Å². The van der Waals surface area contributed by atoms with Crippen molar-refractivity contribution < 1.29 is 22.7 Å². The maximum atomic E-state index is 16.6. The van der Waals surface area contributed by atoms with Gasteiger partial charge in [-0.1, -0.05) is 48.5 Å². The molecule has 4 aromatic rings. The largest absolute Gasteiger partial charge is 0.462 e. The highest BCUT2D eigenvalue weighted by Crippen LogP contribution is 2.43. The molecule has 1 aromatic heterocycles. The zero-order valence-corrected chi connectivity index (χ0v) is 24.2. The molecule has 7 nitrogen and oxygen atoms in total. The summed E-state index contributed by atoms with van der Waals surface area (Å²) in [6, 6.07) is 11.3. The number of aromatic nitrogens is 2. The monoisotopic (exact) mass is 607 g/mol. The lowest BCUT2D eigenvalue weighted by Crippen LogP contribution is -2.63. The molecule has 0 N–H and O–H groups in total. The van der Waals surface area contributed by atoms with Crippen LogP contribution in [0.25, 0.3) is 32.8 Å². The highest BCUT2D eigenvalue weighted by atomic mass is 35.5. The summed E-state index contributed by atoms with van der Waals surface area (Å²) in [5.74, 6) is -1.45. The van der Waals surface area contributed by atoms with Gasteiger partial charge >= 0.3 is 6.01 Å². The molecule has 11 heteroatoms. The van der Waals surface area contributed by atoms with Gasteiger partial charge in [0.25, 0.3) is 0 Å². The van der Waals surface area contributed by atoms with Crippen molar-refractivity contribution in [3.8, 4) is 17.1 Å². The van der Waals surface area contributed by atoms with Crippen molar-refractivity contribution >= 4 is 45.0 Å². The summed E-state index contributed by atoms with van der Waals surface area (Å²) in [6.07, 6.45) is 1.33. The lowest BCUT2D eigenvalue weighted by molar-refractivity contribution is -0.127. The van der Waals surface area contributed by atoms with Gasteiger partial charge in [0, 0.05) is 41.5 Å². The number of carbonyl (C=O) groups is 1. The molecule has 3 saturated heterocycles. The first-order valence-electron chi connectivity index (χ1n) is 14.3. The van der Waals surface area contributed by atoms with Crippen LogP contribution >= 0.6 is 11.6 Å². The second-order valence-electron chi connectivity index (χ2n) is 11.5. The van der Waals surface area contributed by atoms with E-state index in [1.165, 1.54) is 12.1 Å². The van der Waals surface area contributed by atoms with Crippen molar-refractivity contribution in [2.24, 2.45) is 0 Å². The quantitative estimate of drug-likeness (QED) is 0.259. The normalized spacial score (nSPS) is 23.6. The summed E-state index contributed by atoms with van der Waals surface area (Å²) in [7, 11) is 1.82. The molecule has 7 rings (SSSR count). The zero-order valence-electron chi connectivity index (χ0n) is 23.4. The van der Waals surface area contributed by atoms with Crippen LogP contribution in [0.3, 0.4) is 0 Å². The number of fused-ring (bicyclic) bond motifs is 3. The lowest BCUT2D eigenvalue weighted by atomic mass is 9.94. The Hall–Kier alpha value is -3.89. The fourth-order valence-electron chi connectivity index (χ4n) is 6.83. The highest BCUT2D eigenvalue weighted by molar-refractivity contribution is 6.36. The molecular formula is C32H29ClF3N5O2. The molecular weight excluding hydrogens is 579 g/mol. The third-order valence-electron chi connectivity index (χ3n) is 9.03. The number of likely N-dealkylation sites (tertiary alicyclic amines) is 2. The summed E-state index contributed by atoms with van der Waals surface area (Å²) in [6.45, 7) is 5.01. The summed E-state index contributed by atoms with van der Waals surface area (Å²) < 4.78 is 52.6. The van der Waals surface area contributed by atoms with Crippen LogP contribution in [0.5, 0.6) is 6.01 Å². The molecule has 0 bridgehead atoms. The van der Waals surface area contributed by atoms with Gasteiger partial charge in [-0.2, -0.15) is 9.97 Å². The molecule has 0 radical (unpaired) electrons. The predicted molar refractivity (Wildman–Crippen MR) is 160 cm³/mol. The molecule has 3 aromatic carbocycles. The van der Waals surface area contributed by atoms with Crippen LogP contribution in [-0.4, -0.2) is 83.3 Å². The first-order chi connectivity index (χ1) is 20.7. The van der Waals surface area contributed by atoms with E-state index in [1.807, 2.05) is 29.0 Å². The SMILES string of the molecule is C=CC(=O)N1CCC2[C@H]1CN2c1nc(OC[C@@H]2C[C@@H](F)CN2C)nc2c(F)c(-c3cccc4cccc(Cl)c34)c(F)cc12. The van der Waals surface area contributed by atoms with Crippen LogP contribution in [0.2, 0.25) is 5.02 Å². The summed E-state index contributed by atoms with van der Waals surface area (Å²) in [5.41, 5.74) is -0.0330. The van der Waals surface area contributed by atoms with E-state index in [4.69, 9.17) is 16.3 Å². The number of hydrogen-bond donors (Lipinski definition) is 0. The molecule has 3 fully saturated rings. The van der Waals surface area contributed by atoms with Crippen molar-refractivity contribution in [1.82, 2.24) is 19.8 Å². The Bertz CT molecular complexity index is 1780. The van der Waals surface area contributed by atoms with Crippen LogP contribution in [0.4, 0.5) is 19.0 Å². The number of benzene rings is 3. The van der Waals surface area contributed by atoms with Crippen molar-refractivity contribution in [3.63, 3.8) is 0 Å². The molecule has 4 atom stereocenters. The van der Waals surface area contributed by atoms with Gasteiger partial charge in [0.2, 0.25) is 5.91 Å². The predicted octanol–water partition coefficient (Wildman–Crippen LogP) is 5.78. The van der Waals surface area contributed by atoms with Gasteiger partial charge in [0.05, 0.1) is 17.6 Å². The summed E-state index contributed by atoms with van der Waals surface area (Å²) in [4.78, 5) is 27.0. The van der Waals surface area contributed by atoms with Crippen LogP contribution in [-0.2, 0) is 4.79 Å². The molecule has 4 heterocycles. The van der Waals surface area contributed by atoms with Crippen molar-refractivity contribution in [2.45, 2.75) is 37.1 Å². The molecule has 0 spiro atoms. The molecule has 1 amide bonds. The number of rotatable bonds is 6. The molecule has 43 heavy (non-hydrogen) atoms. The van der Waals surface area contributed by atoms with Gasteiger partial charge < -0.3 is 14.5 Å². The van der Waals surface area contributed by atoms with E-state index in [0.29, 0.717) is 54.3 Å². The number of anilines is 1. The Morgan fingerprint density at radius 2 is 1.95 bits per heavy atom. The van der Waals surface area contributed by atoms with Gasteiger partial charge in [-0.05, 0) is 49.0 Å². The van der Waals surface area contributed by atoms with Crippen LogP contribution < -0.4 is 9.64 Å². The smallest absolute Gasteiger partial charge is 0.319 e. The minimum Gasteiger partial charge on any atom is -0.462 e. The Balaban J connectivity index is 1.35. The van der Waals surface area contributed by atoms with Crippen LogP contribution in [0.1, 0.15) is 12.8 Å². The van der Waals surface area contributed by atoms with E-state index in [1.54, 1.807) is 29.2 Å². The van der Waals surface area contributed by atoms with E-state index < -0.39 is 17.8 Å². The topological polar surface area (TPSA) is 61.8 Å². The van der Waals surface area contributed by atoms with Crippen molar-refractivity contribution in [2.75, 3.05) is 38.2 Å². The average Bonchev–Trinajstić information content (AvgIpc) is 3.48. The number of alkyl halides is 1. The number of hydrogen-bond acceptors (Lipinski definition) is 6. The Morgan fingerprint density at radius 3 is 2.70 bits per heavy atom. The number of carbonyl (C=O) groups excluding carboxylic acids is 1. The minimum absolute atomic E-state index is 0.0553. The number of amides is 1. The van der Waals surface area contributed by atoms with Gasteiger partial charge in [-0.15, -0.1) is 0 Å². The first kappa shape index (κ1) is 27.9. The second-order valence-corrected chi connectivity index (χ2v) is 11.9. The summed E-state index contributed by atoms with van der Waals surface area (Å²) in [5, 5.41) is 1.85. The first-order valence-corrected chi connectivity index (χ1v) is 14.7. The van der Waals surface area contributed by atoms with E-state index in [2.05, 4.69) is 16.5 Å². The average molecular weight is 608 g/mol. The number of likely N-dealkylation sites (N-methyl/N-ethyl adjacent to an activating group) is 1. The Labute approximate surface area is 251 Å². The van der Waals surface area contributed by atoms with Gasteiger partial charge in [-0.25, -0.2) is 13.2 Å². The van der Waals surface area contributed by atoms with E-state index >= 15 is 8.78 Å². The van der Waals surface area contributed by atoms with Crippen molar-refractivity contribution in [3.05, 3.63) is 71.8 Å². The van der Waals surface area contributed by atoms with E-state index in [9.17, 15) is 9.18 Å². The highest BCUT2D eigenvalue weighted by Gasteiger charge is 2.49. The van der Waals surface area contributed by atoms with Crippen molar-refractivity contribution in [1.29, 1.82) is 0 Å². The number of ether oxygens (including phenoxy) is 1. The van der Waals surface area contributed by atoms with Gasteiger partial charge in [0.15, 0.2) is 5.82 Å². The Kier molecular flexibility index (Phi) is 6.93. The molecule has 1 unspecified atom stereocenters. The molecule has 0 aliphatic carbocycles.